The van der Waals surface area contributed by atoms with Gasteiger partial charge in [0.15, 0.2) is 33.0 Å². The van der Waals surface area contributed by atoms with Crippen LogP contribution in [-0.2, 0) is 78.3 Å². The lowest BCUT2D eigenvalue weighted by Gasteiger charge is -2.24. The molecule has 0 saturated carbocycles. The molecule has 0 spiro atoms. The molecule has 0 bridgehead atoms. The third-order valence-electron chi connectivity index (χ3n) is 12.5. The number of ether oxygens (including phenoxy) is 1. The largest absolute Gasteiger partial charge is 0.362 e. The average Bonchev–Trinajstić information content (AvgIpc) is 4.16. The van der Waals surface area contributed by atoms with Gasteiger partial charge in [-0.05, 0) is 70.4 Å². The van der Waals surface area contributed by atoms with E-state index in [9.17, 15) is 71.9 Å². The van der Waals surface area contributed by atoms with E-state index in [1.807, 2.05) is 0 Å². The van der Waals surface area contributed by atoms with Crippen molar-refractivity contribution in [2.75, 3.05) is 76.4 Å². The molecule has 4 rings (SSSR count). The van der Waals surface area contributed by atoms with E-state index in [1.54, 1.807) is 24.3 Å². The molecule has 0 radical (unpaired) electrons. The number of hydrogen-bond acceptors (Lipinski definition) is 21. The first-order valence-corrected chi connectivity index (χ1v) is 28.9. The topological polar surface area (TPSA) is 359 Å². The predicted molar refractivity (Wildman–Crippen MR) is 289 cm³/mol. The number of aryl methyl sites for hydroxylation is 1. The van der Waals surface area contributed by atoms with Crippen molar-refractivity contribution in [3.8, 4) is 0 Å². The second-order valence-electron chi connectivity index (χ2n) is 18.0. The summed E-state index contributed by atoms with van der Waals surface area (Å²) in [5.41, 5.74) is -1.02. The van der Waals surface area contributed by atoms with E-state index < -0.39 is 123 Å². The zero-order valence-corrected chi connectivity index (χ0v) is 47.0. The van der Waals surface area contributed by atoms with E-state index in [1.165, 1.54) is 47.3 Å². The second kappa shape index (κ2) is 30.2. The first-order chi connectivity index (χ1) is 36.9. The summed E-state index contributed by atoms with van der Waals surface area (Å²) in [5, 5.41) is 19.2. The monoisotopic (exact) mass is 1160 g/mol. The maximum absolute atomic E-state index is 13.5. The fourth-order valence-electron chi connectivity index (χ4n) is 8.16. The van der Waals surface area contributed by atoms with Gasteiger partial charge in [-0.25, -0.2) is 4.79 Å². The minimum atomic E-state index is -2.46. The summed E-state index contributed by atoms with van der Waals surface area (Å²) >= 11 is 2.15. The van der Waals surface area contributed by atoms with E-state index in [0.29, 0.717) is 41.3 Å². The van der Waals surface area contributed by atoms with Crippen LogP contribution in [0.25, 0.3) is 0 Å². The molecule has 29 heteroatoms. The fraction of sp³-hybridized carbons (Fsp3) is 0.551. The van der Waals surface area contributed by atoms with Gasteiger partial charge in [0.1, 0.15) is 19.8 Å². The number of likely N-dealkylation sites (tertiary alicyclic amines) is 2. The molecule has 3 saturated heterocycles. The van der Waals surface area contributed by atoms with Crippen LogP contribution in [0.5, 0.6) is 0 Å². The molecule has 3 aliphatic heterocycles. The summed E-state index contributed by atoms with van der Waals surface area (Å²) in [6.07, 6.45) is 0.736. The van der Waals surface area contributed by atoms with Crippen molar-refractivity contribution < 1.29 is 76.7 Å². The third kappa shape index (κ3) is 17.6. The summed E-state index contributed by atoms with van der Waals surface area (Å²) in [6, 6.07) is 5.37. The molecule has 0 aliphatic carbocycles. The number of nitrogens with zero attached hydrogens (tertiary/aromatic N) is 3. The Morgan fingerprint density at radius 2 is 1.24 bits per heavy atom. The number of thioether (sulfide) groups is 2. The lowest BCUT2D eigenvalue weighted by molar-refractivity contribution is -0.153. The molecule has 25 nitrogen and oxygen atoms in total. The van der Waals surface area contributed by atoms with Gasteiger partial charge >= 0.3 is 6.03 Å². The SMILES string of the molecule is CNC(=O)CCNC(=O)CCc1ccc(NC(=O)COCC(=O)N(CC(=O)NCCN2C(=O)CC(SCCCC(=N)C3(C(C)=O)SS3)C2=O)C(=O)NCCN2C(=O)CC(SCCC(=O)C(C(C)=O)(C(C)=O)C(C)=O)C2=O)cc1. The average molecular weight is 1160 g/mol. The van der Waals surface area contributed by atoms with Crippen molar-refractivity contribution in [3.05, 3.63) is 29.8 Å². The number of anilines is 1. The van der Waals surface area contributed by atoms with Crippen LogP contribution in [-0.4, -0.2) is 194 Å². The lowest BCUT2D eigenvalue weighted by atomic mass is 9.72. The van der Waals surface area contributed by atoms with Gasteiger partial charge in [0.25, 0.3) is 5.91 Å². The van der Waals surface area contributed by atoms with Crippen LogP contribution in [0, 0.1) is 10.8 Å². The molecule has 2 atom stereocenters. The number of imide groups is 3. The number of amides is 11. The van der Waals surface area contributed by atoms with E-state index in [4.69, 9.17) is 10.1 Å². The van der Waals surface area contributed by atoms with E-state index in [0.717, 1.165) is 47.9 Å². The summed E-state index contributed by atoms with van der Waals surface area (Å²) in [7, 11) is 4.16. The lowest BCUT2D eigenvalue weighted by Crippen LogP contribution is -2.51. The molecule has 424 valence electrons. The standard InChI is InChI=1S/C49H63N9O16S4/c1-28(59)48(29(2)60,30(3)61)37(63)15-22-76-35-24-43(69)57(46(35)72)20-18-54-47(73)58(44(70)27-74-26-41(67)55-33-11-8-32(9-12-33)10-13-39(65)52-16-14-38(64)51-5)25-40(66)53-17-19-56-42(68)23-34(45(56)71)75-21-6-7-36(50)49(31(4)62)77-78-49/h8-9,11-12,34-35,50H,6-7,10,13-27H2,1-5H3,(H,51,64)(H,52,65)(H,53,66)(H,54,73)(H,55,67). The third-order valence-corrected chi connectivity index (χ3v) is 18.0. The number of hydrogen-bond donors (Lipinski definition) is 6. The number of benzene rings is 1. The Balaban J connectivity index is 1.30. The summed E-state index contributed by atoms with van der Waals surface area (Å²) in [6.45, 7) is 0.735. The Kier molecular flexibility index (Phi) is 24.8. The van der Waals surface area contributed by atoms with Gasteiger partial charge in [0.05, 0.1) is 10.5 Å². The number of urea groups is 1. The summed E-state index contributed by atoms with van der Waals surface area (Å²) < 4.78 is 4.48. The van der Waals surface area contributed by atoms with Crippen molar-refractivity contribution in [2.24, 2.45) is 5.41 Å². The minimum Gasteiger partial charge on any atom is -0.362 e. The van der Waals surface area contributed by atoms with Crippen molar-refractivity contribution in [3.63, 3.8) is 0 Å². The van der Waals surface area contributed by atoms with Gasteiger partial charge < -0.3 is 36.7 Å². The summed E-state index contributed by atoms with van der Waals surface area (Å²) in [5.74, 6) is -8.90. The molecule has 3 fully saturated rings. The smallest absolute Gasteiger partial charge is 0.324 e. The van der Waals surface area contributed by atoms with Crippen LogP contribution >= 0.6 is 45.1 Å². The number of carbonyl (C=O) groups excluding carboxylic acids is 15. The summed E-state index contributed by atoms with van der Waals surface area (Å²) in [4.78, 5) is 193. The zero-order chi connectivity index (χ0) is 57.9. The normalized spacial score (nSPS) is 16.5. The quantitative estimate of drug-likeness (QED) is 0.0136. The molecule has 0 aromatic heterocycles. The maximum atomic E-state index is 13.5. The molecular formula is C49H63N9O16S4. The molecule has 1 aromatic rings. The van der Waals surface area contributed by atoms with Crippen LogP contribution < -0.4 is 26.6 Å². The van der Waals surface area contributed by atoms with Gasteiger partial charge in [-0.3, -0.25) is 81.8 Å². The minimum absolute atomic E-state index is 0.0848. The van der Waals surface area contributed by atoms with Crippen molar-refractivity contribution in [2.45, 2.75) is 93.6 Å². The van der Waals surface area contributed by atoms with E-state index >= 15 is 0 Å². The van der Waals surface area contributed by atoms with Gasteiger partial charge in [0.2, 0.25) is 52.7 Å². The second-order valence-corrected chi connectivity index (χ2v) is 23.4. The van der Waals surface area contributed by atoms with E-state index in [2.05, 4.69) is 26.6 Å². The number of carbonyl (C=O) groups is 15. The van der Waals surface area contributed by atoms with Gasteiger partial charge in [0, 0.05) is 89.0 Å². The van der Waals surface area contributed by atoms with Crippen molar-refractivity contribution in [1.82, 2.24) is 36.0 Å². The van der Waals surface area contributed by atoms with Gasteiger partial charge in [-0.15, -0.1) is 23.5 Å². The number of Topliss-reactive ketones (excluding diaryl/α,β-unsaturated/α-hetero) is 5. The first kappa shape index (κ1) is 64.2. The molecule has 3 aliphatic rings. The Bertz CT molecular complexity index is 2540. The highest BCUT2D eigenvalue weighted by Crippen LogP contribution is 2.66. The Labute approximate surface area is 465 Å². The van der Waals surface area contributed by atoms with Crippen LogP contribution in [0.15, 0.2) is 24.3 Å². The van der Waals surface area contributed by atoms with Crippen LogP contribution in [0.3, 0.4) is 0 Å². The number of rotatable bonds is 34. The zero-order valence-electron chi connectivity index (χ0n) is 43.7. The molecular weight excluding hydrogens is 1100 g/mol. The maximum Gasteiger partial charge on any atom is 0.324 e. The van der Waals surface area contributed by atoms with Gasteiger partial charge in [-0.1, -0.05) is 33.7 Å². The Hall–Kier alpha value is -6.30. The van der Waals surface area contributed by atoms with Crippen LogP contribution in [0.1, 0.15) is 78.2 Å². The number of nitrogens with one attached hydrogen (secondary N) is 6. The first-order valence-electron chi connectivity index (χ1n) is 24.6. The molecule has 6 N–H and O–H groups in total. The number of ketones is 5. The highest BCUT2D eigenvalue weighted by molar-refractivity contribution is 8.94. The van der Waals surface area contributed by atoms with Crippen LogP contribution in [0.4, 0.5) is 10.5 Å². The van der Waals surface area contributed by atoms with Crippen molar-refractivity contribution >= 4 is 145 Å². The molecule has 2 unspecified atom stereocenters. The fourth-order valence-corrected chi connectivity index (χ4v) is 12.7. The van der Waals surface area contributed by atoms with Crippen LogP contribution in [0.2, 0.25) is 0 Å². The van der Waals surface area contributed by atoms with E-state index in [-0.39, 0.29) is 75.2 Å². The Morgan fingerprint density at radius 1 is 0.692 bits per heavy atom. The highest BCUT2D eigenvalue weighted by atomic mass is 33.2. The molecule has 78 heavy (non-hydrogen) atoms. The highest BCUT2D eigenvalue weighted by Gasteiger charge is 2.54. The molecule has 1 aromatic carbocycles. The molecule has 11 amide bonds. The van der Waals surface area contributed by atoms with Crippen molar-refractivity contribution in [1.29, 1.82) is 5.41 Å². The molecule has 3 heterocycles. The Morgan fingerprint density at radius 3 is 1.78 bits per heavy atom. The predicted octanol–water partition coefficient (Wildman–Crippen LogP) is 0.395. The van der Waals surface area contributed by atoms with Gasteiger partial charge in [-0.2, -0.15) is 0 Å².